The van der Waals surface area contributed by atoms with Crippen molar-refractivity contribution in [2.75, 3.05) is 6.61 Å². The molecule has 2 rings (SSSR count). The smallest absolute Gasteiger partial charge is 0.338 e. The van der Waals surface area contributed by atoms with Crippen LogP contribution in [0.4, 0.5) is 0 Å². The van der Waals surface area contributed by atoms with Crippen LogP contribution in [-0.2, 0) is 27.9 Å². The molecule has 0 aliphatic rings. The molecule has 0 aliphatic carbocycles. The number of imidazole rings is 1. The van der Waals surface area contributed by atoms with E-state index in [1.54, 1.807) is 19.1 Å². The van der Waals surface area contributed by atoms with E-state index in [9.17, 15) is 17.8 Å². The Labute approximate surface area is 148 Å². The van der Waals surface area contributed by atoms with Gasteiger partial charge < -0.3 is 4.74 Å². The van der Waals surface area contributed by atoms with E-state index < -0.39 is 15.4 Å². The molecule has 0 bridgehead atoms. The highest BCUT2D eigenvalue weighted by Gasteiger charge is 2.25. The van der Waals surface area contributed by atoms with E-state index in [0.29, 0.717) is 18.7 Å². The number of nitrogens with zero attached hydrogens (tertiary/aromatic N) is 2. The molecule has 2 aromatic rings. The summed E-state index contributed by atoms with van der Waals surface area (Å²) in [5.74, 6) is 0.574. The van der Waals surface area contributed by atoms with Crippen LogP contribution in [-0.4, -0.2) is 35.4 Å². The molecule has 1 aromatic carbocycles. The molecule has 1 heterocycles. The van der Waals surface area contributed by atoms with Gasteiger partial charge in [0.15, 0.2) is 11.0 Å². The van der Waals surface area contributed by atoms with Crippen molar-refractivity contribution in [1.82, 2.24) is 4.57 Å². The highest BCUT2D eigenvalue weighted by Crippen LogP contribution is 2.19. The van der Waals surface area contributed by atoms with Crippen LogP contribution in [0.3, 0.4) is 0 Å². The Balaban J connectivity index is 2.48. The summed E-state index contributed by atoms with van der Waals surface area (Å²) in [6.45, 7) is 8.68. The number of carbonyl (C=O) groups is 1. The van der Waals surface area contributed by atoms with Crippen molar-refractivity contribution in [3.05, 3.63) is 29.6 Å². The van der Waals surface area contributed by atoms with Gasteiger partial charge in [-0.25, -0.2) is 13.9 Å². The second-order valence-corrected chi connectivity index (χ2v) is 7.82. The van der Waals surface area contributed by atoms with Gasteiger partial charge in [0.05, 0.1) is 30.5 Å². The van der Waals surface area contributed by atoms with Crippen LogP contribution in [0.25, 0.3) is 11.0 Å². The van der Waals surface area contributed by atoms with Crippen molar-refractivity contribution in [3.63, 3.8) is 0 Å². The number of esters is 1. The second-order valence-electron chi connectivity index (χ2n) is 5.98. The summed E-state index contributed by atoms with van der Waals surface area (Å²) >= 11 is 0. The van der Waals surface area contributed by atoms with Crippen LogP contribution in [0, 0.1) is 6.92 Å². The number of aromatic nitrogens is 2. The Bertz CT molecular complexity index is 886. The number of hydrogen-bond donors (Lipinski definition) is 1. The number of carbonyl (C=O) groups excluding carboxylic acids is 1. The summed E-state index contributed by atoms with van der Waals surface area (Å²) < 4.78 is 40.8. The molecule has 1 atom stereocenters. The van der Waals surface area contributed by atoms with Gasteiger partial charge in [-0.3, -0.25) is 4.55 Å². The molecular formula is C17H25N2O5S+. The average molecular weight is 369 g/mol. The van der Waals surface area contributed by atoms with E-state index in [1.165, 1.54) is 6.92 Å². The number of benzene rings is 1. The Morgan fingerprint density at radius 2 is 2.04 bits per heavy atom. The zero-order valence-corrected chi connectivity index (χ0v) is 15.8. The van der Waals surface area contributed by atoms with Gasteiger partial charge in [0.25, 0.3) is 15.9 Å². The summed E-state index contributed by atoms with van der Waals surface area (Å²) in [5.41, 5.74) is 2.26. The zero-order chi connectivity index (χ0) is 18.8. The molecule has 0 spiro atoms. The number of rotatable bonds is 7. The largest absolute Gasteiger partial charge is 0.462 e. The predicted molar refractivity (Wildman–Crippen MR) is 94.1 cm³/mol. The molecule has 0 amide bonds. The molecule has 0 saturated carbocycles. The van der Waals surface area contributed by atoms with E-state index in [4.69, 9.17) is 4.74 Å². The minimum Gasteiger partial charge on any atom is -0.462 e. The quantitative estimate of drug-likeness (QED) is 0.459. The van der Waals surface area contributed by atoms with Crippen LogP contribution in [0.2, 0.25) is 0 Å². The van der Waals surface area contributed by atoms with Crippen LogP contribution in [0.15, 0.2) is 18.2 Å². The van der Waals surface area contributed by atoms with Crippen LogP contribution < -0.4 is 4.57 Å². The Hall–Kier alpha value is -1.93. The predicted octanol–water partition coefficient (Wildman–Crippen LogP) is 2.10. The molecule has 1 aromatic heterocycles. The number of aryl methyl sites for hydroxylation is 2. The first-order chi connectivity index (χ1) is 11.7. The molecule has 25 heavy (non-hydrogen) atoms. The van der Waals surface area contributed by atoms with Crippen LogP contribution in [0.5, 0.6) is 0 Å². The molecule has 138 valence electrons. The Kier molecular flexibility index (Phi) is 5.84. The van der Waals surface area contributed by atoms with Crippen LogP contribution in [0.1, 0.15) is 43.4 Å². The van der Waals surface area contributed by atoms with Gasteiger partial charge in [0, 0.05) is 19.4 Å². The van der Waals surface area contributed by atoms with E-state index in [-0.39, 0.29) is 12.4 Å². The van der Waals surface area contributed by atoms with E-state index in [1.807, 2.05) is 24.5 Å². The molecule has 0 fully saturated rings. The number of hydrogen-bond acceptors (Lipinski definition) is 4. The number of ether oxygens (including phenoxy) is 1. The second kappa shape index (κ2) is 7.53. The third-order valence-corrected chi connectivity index (χ3v) is 5.69. The van der Waals surface area contributed by atoms with Gasteiger partial charge in [-0.05, 0) is 32.9 Å². The maximum absolute atomic E-state index is 12.0. The van der Waals surface area contributed by atoms with Gasteiger partial charge in [0.1, 0.15) is 0 Å². The fourth-order valence-electron chi connectivity index (χ4n) is 2.94. The summed E-state index contributed by atoms with van der Waals surface area (Å²) in [4.78, 5) is 12.0. The van der Waals surface area contributed by atoms with Crippen molar-refractivity contribution in [2.24, 2.45) is 0 Å². The molecule has 0 aliphatic heterocycles. The van der Waals surface area contributed by atoms with Crippen LogP contribution >= 0.6 is 0 Å². The molecule has 1 N–H and O–H groups in total. The first kappa shape index (κ1) is 19.4. The molecule has 0 radical (unpaired) electrons. The van der Waals surface area contributed by atoms with Crippen molar-refractivity contribution in [3.8, 4) is 0 Å². The van der Waals surface area contributed by atoms with Crippen molar-refractivity contribution >= 4 is 27.1 Å². The highest BCUT2D eigenvalue weighted by atomic mass is 32.2. The summed E-state index contributed by atoms with van der Waals surface area (Å²) in [7, 11) is -4.06. The lowest BCUT2D eigenvalue weighted by molar-refractivity contribution is -0.675. The standard InChI is InChI=1S/C17H24N2O5S/c1-5-18-13(4)19(10-9-12(3)25(21,22)23)16-11-14(7-8-15(16)18)17(20)24-6-2/h7-8,11-12H,5-6,9-10H2,1-4H3/p+1. The minimum atomic E-state index is -4.06. The third-order valence-electron chi connectivity index (χ3n) is 4.43. The van der Waals surface area contributed by atoms with Crippen molar-refractivity contribution in [2.45, 2.75) is 52.5 Å². The summed E-state index contributed by atoms with van der Waals surface area (Å²) in [6.07, 6.45) is 0.275. The van der Waals surface area contributed by atoms with E-state index in [0.717, 1.165) is 23.4 Å². The van der Waals surface area contributed by atoms with Crippen molar-refractivity contribution in [1.29, 1.82) is 0 Å². The fraction of sp³-hybridized carbons (Fsp3) is 0.529. The topological polar surface area (TPSA) is 89.5 Å². The maximum atomic E-state index is 12.0. The first-order valence-corrected chi connectivity index (χ1v) is 9.87. The Morgan fingerprint density at radius 3 is 2.60 bits per heavy atom. The highest BCUT2D eigenvalue weighted by molar-refractivity contribution is 7.86. The fourth-order valence-corrected chi connectivity index (χ4v) is 3.35. The van der Waals surface area contributed by atoms with Gasteiger partial charge in [-0.2, -0.15) is 8.42 Å². The average Bonchev–Trinajstić information content (AvgIpc) is 2.82. The Morgan fingerprint density at radius 1 is 1.36 bits per heavy atom. The maximum Gasteiger partial charge on any atom is 0.338 e. The van der Waals surface area contributed by atoms with Gasteiger partial charge in [-0.1, -0.05) is 0 Å². The van der Waals surface area contributed by atoms with Crippen molar-refractivity contribution < 1.29 is 27.1 Å². The zero-order valence-electron chi connectivity index (χ0n) is 15.0. The van der Waals surface area contributed by atoms with Gasteiger partial charge in [-0.15, -0.1) is 0 Å². The summed E-state index contributed by atoms with van der Waals surface area (Å²) in [5, 5.41) is -0.854. The molecule has 0 saturated heterocycles. The third kappa shape index (κ3) is 4.01. The molecule has 8 heteroatoms. The minimum absolute atomic E-state index is 0.275. The molecule has 7 nitrogen and oxygen atoms in total. The first-order valence-electron chi connectivity index (χ1n) is 8.36. The van der Waals surface area contributed by atoms with E-state index in [2.05, 4.69) is 4.57 Å². The normalized spacial score (nSPS) is 13.2. The lowest BCUT2D eigenvalue weighted by Crippen LogP contribution is -2.35. The van der Waals surface area contributed by atoms with Gasteiger partial charge in [0.2, 0.25) is 0 Å². The lowest BCUT2D eigenvalue weighted by Gasteiger charge is -2.07. The SMILES string of the molecule is CCOC(=O)c1ccc2c(c1)n(CCC(C)S(=O)(=O)O)c(C)[n+]2CC. The van der Waals surface area contributed by atoms with E-state index >= 15 is 0 Å². The van der Waals surface area contributed by atoms with Gasteiger partial charge >= 0.3 is 5.97 Å². The monoisotopic (exact) mass is 369 g/mol. The summed E-state index contributed by atoms with van der Waals surface area (Å²) in [6, 6.07) is 5.38. The lowest BCUT2D eigenvalue weighted by atomic mass is 10.2. The number of fused-ring (bicyclic) bond motifs is 1. The molecular weight excluding hydrogens is 344 g/mol. The molecule has 1 unspecified atom stereocenters.